The van der Waals surface area contributed by atoms with E-state index in [-0.39, 0.29) is 6.10 Å². The fraction of sp³-hybridized carbons (Fsp3) is 0.692. The second kappa shape index (κ2) is 6.00. The van der Waals surface area contributed by atoms with Crippen LogP contribution >= 0.6 is 0 Å². The highest BCUT2D eigenvalue weighted by Gasteiger charge is 2.24. The second-order valence-electron chi connectivity index (χ2n) is 4.83. The van der Waals surface area contributed by atoms with Crippen LogP contribution in [0.1, 0.15) is 27.2 Å². The van der Waals surface area contributed by atoms with Gasteiger partial charge in [-0.25, -0.2) is 9.97 Å². The molecule has 5 nitrogen and oxygen atoms in total. The van der Waals surface area contributed by atoms with Gasteiger partial charge in [0, 0.05) is 19.2 Å². The molecule has 0 saturated carbocycles. The summed E-state index contributed by atoms with van der Waals surface area (Å²) in [6.45, 7) is 8.96. The molecule has 2 atom stereocenters. The fourth-order valence-electron chi connectivity index (χ4n) is 2.08. The molecule has 100 valence electrons. The van der Waals surface area contributed by atoms with Gasteiger partial charge in [-0.3, -0.25) is 0 Å². The Balaban J connectivity index is 2.11. The molecule has 1 saturated heterocycles. The van der Waals surface area contributed by atoms with E-state index in [9.17, 15) is 0 Å². The summed E-state index contributed by atoms with van der Waals surface area (Å²) in [5.74, 6) is 1.87. The number of nitrogens with one attached hydrogen (secondary N) is 1. The number of ether oxygens (including phenoxy) is 1. The molecule has 1 aromatic heterocycles. The van der Waals surface area contributed by atoms with Gasteiger partial charge < -0.3 is 15.0 Å². The van der Waals surface area contributed by atoms with E-state index in [4.69, 9.17) is 4.74 Å². The Morgan fingerprint density at radius 1 is 1.44 bits per heavy atom. The van der Waals surface area contributed by atoms with Crippen LogP contribution < -0.4 is 10.2 Å². The molecular weight excluding hydrogens is 228 g/mol. The number of hydrogen-bond acceptors (Lipinski definition) is 5. The van der Waals surface area contributed by atoms with Gasteiger partial charge in [0.2, 0.25) is 0 Å². The Labute approximate surface area is 109 Å². The van der Waals surface area contributed by atoms with E-state index < -0.39 is 0 Å². The van der Waals surface area contributed by atoms with E-state index >= 15 is 0 Å². The monoisotopic (exact) mass is 250 g/mol. The van der Waals surface area contributed by atoms with Crippen molar-refractivity contribution in [1.29, 1.82) is 0 Å². The van der Waals surface area contributed by atoms with Gasteiger partial charge in [0.15, 0.2) is 0 Å². The van der Waals surface area contributed by atoms with Gasteiger partial charge >= 0.3 is 0 Å². The molecule has 1 aliphatic rings. The number of morpholine rings is 1. The predicted molar refractivity (Wildman–Crippen MR) is 73.0 cm³/mol. The summed E-state index contributed by atoms with van der Waals surface area (Å²) in [6.07, 6.45) is 2.97. The first-order valence-electron chi connectivity index (χ1n) is 6.65. The van der Waals surface area contributed by atoms with Crippen LogP contribution in [0, 0.1) is 0 Å². The molecular formula is C13H22N4O. The van der Waals surface area contributed by atoms with Crippen molar-refractivity contribution in [2.24, 2.45) is 0 Å². The van der Waals surface area contributed by atoms with Gasteiger partial charge in [0.05, 0.1) is 18.8 Å². The van der Waals surface area contributed by atoms with E-state index in [1.54, 1.807) is 6.33 Å². The molecule has 1 fully saturated rings. The normalized spacial score (nSPS) is 24.1. The lowest BCUT2D eigenvalue weighted by molar-refractivity contribution is 0.0340. The highest BCUT2D eigenvalue weighted by atomic mass is 16.5. The number of anilines is 2. The number of hydrogen-bond donors (Lipinski definition) is 1. The van der Waals surface area contributed by atoms with Crippen LogP contribution in [0.4, 0.5) is 11.6 Å². The molecule has 2 heterocycles. The zero-order chi connectivity index (χ0) is 13.0. The Bertz CT molecular complexity index is 385. The largest absolute Gasteiger partial charge is 0.375 e. The van der Waals surface area contributed by atoms with Gasteiger partial charge in [-0.1, -0.05) is 6.92 Å². The summed E-state index contributed by atoms with van der Waals surface area (Å²) in [5, 5.41) is 3.29. The first-order valence-corrected chi connectivity index (χ1v) is 6.65. The Morgan fingerprint density at radius 3 is 3.06 bits per heavy atom. The summed E-state index contributed by atoms with van der Waals surface area (Å²) in [4.78, 5) is 10.9. The minimum absolute atomic E-state index is 0.253. The van der Waals surface area contributed by atoms with Crippen molar-refractivity contribution in [3.63, 3.8) is 0 Å². The first kappa shape index (κ1) is 13.1. The summed E-state index contributed by atoms with van der Waals surface area (Å²) in [7, 11) is 0. The van der Waals surface area contributed by atoms with Crippen molar-refractivity contribution in [2.75, 3.05) is 29.9 Å². The standard InChI is InChI=1S/C13H22N4O/c1-4-5-14-12-6-13(16-9-15-12)17-7-11(3)18-8-10(17)2/h6,9-11H,4-5,7-8H2,1-3H3,(H,14,15,16). The maximum atomic E-state index is 5.64. The molecule has 1 aliphatic heterocycles. The smallest absolute Gasteiger partial charge is 0.134 e. The van der Waals surface area contributed by atoms with Crippen LogP contribution in [-0.4, -0.2) is 41.8 Å². The summed E-state index contributed by atoms with van der Waals surface area (Å²) < 4.78 is 5.64. The lowest BCUT2D eigenvalue weighted by Crippen LogP contribution is -2.47. The molecule has 18 heavy (non-hydrogen) atoms. The van der Waals surface area contributed by atoms with Crippen molar-refractivity contribution in [1.82, 2.24) is 9.97 Å². The molecule has 0 aliphatic carbocycles. The third kappa shape index (κ3) is 3.10. The van der Waals surface area contributed by atoms with Crippen LogP contribution in [0.15, 0.2) is 12.4 Å². The van der Waals surface area contributed by atoms with E-state index in [0.717, 1.165) is 37.8 Å². The molecule has 5 heteroatoms. The van der Waals surface area contributed by atoms with Gasteiger partial charge in [0.1, 0.15) is 18.0 Å². The van der Waals surface area contributed by atoms with Crippen molar-refractivity contribution >= 4 is 11.6 Å². The summed E-state index contributed by atoms with van der Waals surface area (Å²) in [6, 6.07) is 2.37. The van der Waals surface area contributed by atoms with Crippen molar-refractivity contribution in [2.45, 2.75) is 39.3 Å². The van der Waals surface area contributed by atoms with E-state index in [1.807, 2.05) is 6.07 Å². The Morgan fingerprint density at radius 2 is 2.28 bits per heavy atom. The van der Waals surface area contributed by atoms with Gasteiger partial charge in [-0.05, 0) is 20.3 Å². The number of nitrogens with zero attached hydrogens (tertiary/aromatic N) is 3. The third-order valence-electron chi connectivity index (χ3n) is 3.11. The van der Waals surface area contributed by atoms with Crippen LogP contribution in [-0.2, 0) is 4.74 Å². The van der Waals surface area contributed by atoms with Crippen LogP contribution in [0.5, 0.6) is 0 Å². The molecule has 0 bridgehead atoms. The Kier molecular flexibility index (Phi) is 4.36. The highest BCUT2D eigenvalue weighted by molar-refractivity contribution is 5.49. The third-order valence-corrected chi connectivity index (χ3v) is 3.11. The summed E-state index contributed by atoms with van der Waals surface area (Å²) in [5.41, 5.74) is 0. The van der Waals surface area contributed by atoms with Gasteiger partial charge in [-0.15, -0.1) is 0 Å². The molecule has 2 unspecified atom stereocenters. The molecule has 0 aromatic carbocycles. The molecule has 0 spiro atoms. The zero-order valence-electron chi connectivity index (χ0n) is 11.4. The lowest BCUT2D eigenvalue weighted by atomic mass is 10.2. The van der Waals surface area contributed by atoms with E-state index in [1.165, 1.54) is 0 Å². The first-order chi connectivity index (χ1) is 8.70. The average Bonchev–Trinajstić information content (AvgIpc) is 2.39. The minimum Gasteiger partial charge on any atom is -0.375 e. The minimum atomic E-state index is 0.253. The van der Waals surface area contributed by atoms with Crippen molar-refractivity contribution in [3.05, 3.63) is 12.4 Å². The summed E-state index contributed by atoms with van der Waals surface area (Å²) >= 11 is 0. The highest BCUT2D eigenvalue weighted by Crippen LogP contribution is 2.21. The van der Waals surface area contributed by atoms with Crippen molar-refractivity contribution < 1.29 is 4.74 Å². The molecule has 0 amide bonds. The SMILES string of the molecule is CCCNc1cc(N2CC(C)OCC2C)ncn1. The molecule has 1 aromatic rings. The maximum Gasteiger partial charge on any atom is 0.134 e. The molecule has 2 rings (SSSR count). The van der Waals surface area contributed by atoms with Crippen molar-refractivity contribution in [3.8, 4) is 0 Å². The Hall–Kier alpha value is -1.36. The fourth-order valence-corrected chi connectivity index (χ4v) is 2.08. The van der Waals surface area contributed by atoms with Gasteiger partial charge in [-0.2, -0.15) is 0 Å². The average molecular weight is 250 g/mol. The number of rotatable bonds is 4. The van der Waals surface area contributed by atoms with Crippen LogP contribution in [0.3, 0.4) is 0 Å². The number of aromatic nitrogens is 2. The lowest BCUT2D eigenvalue weighted by Gasteiger charge is -2.37. The van der Waals surface area contributed by atoms with Crippen LogP contribution in [0.25, 0.3) is 0 Å². The van der Waals surface area contributed by atoms with Gasteiger partial charge in [0.25, 0.3) is 0 Å². The topological polar surface area (TPSA) is 50.3 Å². The predicted octanol–water partition coefficient (Wildman–Crippen LogP) is 1.91. The maximum absolute atomic E-state index is 5.64. The van der Waals surface area contributed by atoms with E-state index in [2.05, 4.69) is 41.0 Å². The van der Waals surface area contributed by atoms with Crippen LogP contribution in [0.2, 0.25) is 0 Å². The molecule has 0 radical (unpaired) electrons. The zero-order valence-corrected chi connectivity index (χ0v) is 11.4. The second-order valence-corrected chi connectivity index (χ2v) is 4.83. The molecule has 1 N–H and O–H groups in total. The quantitative estimate of drug-likeness (QED) is 0.884. The van der Waals surface area contributed by atoms with E-state index in [0.29, 0.717) is 6.04 Å².